The molecular formula is C18H28N2O2. The molecule has 22 heavy (non-hydrogen) atoms. The predicted octanol–water partition coefficient (Wildman–Crippen LogP) is 2.62. The van der Waals surface area contributed by atoms with E-state index in [1.165, 1.54) is 24.8 Å². The van der Waals surface area contributed by atoms with E-state index in [2.05, 4.69) is 16.0 Å². The van der Waals surface area contributed by atoms with Crippen molar-refractivity contribution in [2.75, 3.05) is 26.3 Å². The molecule has 2 aliphatic heterocycles. The summed E-state index contributed by atoms with van der Waals surface area (Å²) in [6.07, 6.45) is 11.0. The van der Waals surface area contributed by atoms with E-state index in [1.807, 2.05) is 18.5 Å². The molecule has 4 heteroatoms. The highest BCUT2D eigenvalue weighted by Crippen LogP contribution is 2.38. The van der Waals surface area contributed by atoms with Crippen LogP contribution in [0.15, 0.2) is 24.5 Å². The van der Waals surface area contributed by atoms with Gasteiger partial charge in [0.05, 0.1) is 6.10 Å². The van der Waals surface area contributed by atoms with Gasteiger partial charge in [-0.1, -0.05) is 6.07 Å². The molecule has 2 aliphatic rings. The van der Waals surface area contributed by atoms with Crippen LogP contribution in [-0.4, -0.2) is 47.4 Å². The summed E-state index contributed by atoms with van der Waals surface area (Å²) in [6.45, 7) is 4.28. The van der Waals surface area contributed by atoms with Crippen molar-refractivity contribution in [1.82, 2.24) is 9.88 Å². The first-order chi connectivity index (χ1) is 10.8. The number of aliphatic hydroxyl groups is 1. The van der Waals surface area contributed by atoms with Crippen molar-refractivity contribution in [2.24, 2.45) is 5.41 Å². The molecule has 1 N–H and O–H groups in total. The fourth-order valence-electron chi connectivity index (χ4n) is 3.81. The van der Waals surface area contributed by atoms with Gasteiger partial charge in [-0.2, -0.15) is 0 Å². The molecule has 0 radical (unpaired) electrons. The molecule has 1 atom stereocenters. The van der Waals surface area contributed by atoms with Crippen LogP contribution in [0.2, 0.25) is 0 Å². The molecule has 0 aromatic carbocycles. The van der Waals surface area contributed by atoms with E-state index in [1.54, 1.807) is 0 Å². The van der Waals surface area contributed by atoms with Crippen molar-refractivity contribution in [3.8, 4) is 0 Å². The number of likely N-dealkylation sites (tertiary alicyclic amines) is 1. The zero-order valence-electron chi connectivity index (χ0n) is 13.4. The van der Waals surface area contributed by atoms with Crippen LogP contribution in [0.3, 0.4) is 0 Å². The van der Waals surface area contributed by atoms with Gasteiger partial charge in [-0.25, -0.2) is 0 Å². The fourth-order valence-corrected chi connectivity index (χ4v) is 3.81. The number of nitrogens with zero attached hydrogens (tertiary/aromatic N) is 2. The Morgan fingerprint density at radius 2 is 2.18 bits per heavy atom. The van der Waals surface area contributed by atoms with Gasteiger partial charge in [0.25, 0.3) is 0 Å². The Bertz CT molecular complexity index is 438. The Kier molecular flexibility index (Phi) is 5.45. The van der Waals surface area contributed by atoms with E-state index in [0.717, 1.165) is 45.5 Å². The van der Waals surface area contributed by atoms with Crippen LogP contribution in [0, 0.1) is 5.41 Å². The highest BCUT2D eigenvalue weighted by Gasteiger charge is 2.36. The summed E-state index contributed by atoms with van der Waals surface area (Å²) < 4.78 is 5.90. The van der Waals surface area contributed by atoms with Crippen molar-refractivity contribution >= 4 is 0 Å². The monoisotopic (exact) mass is 304 g/mol. The lowest BCUT2D eigenvalue weighted by molar-refractivity contribution is -0.0486. The first kappa shape index (κ1) is 15.9. The summed E-state index contributed by atoms with van der Waals surface area (Å²) in [5.74, 6) is 0. The highest BCUT2D eigenvalue weighted by atomic mass is 16.5. The Morgan fingerprint density at radius 1 is 1.32 bits per heavy atom. The van der Waals surface area contributed by atoms with Gasteiger partial charge < -0.3 is 9.84 Å². The minimum Gasteiger partial charge on any atom is -0.396 e. The third-order valence-corrected chi connectivity index (χ3v) is 5.32. The summed E-state index contributed by atoms with van der Waals surface area (Å²) in [7, 11) is 0. The maximum Gasteiger partial charge on any atom is 0.0581 e. The number of rotatable bonds is 5. The summed E-state index contributed by atoms with van der Waals surface area (Å²) in [4.78, 5) is 6.67. The molecule has 122 valence electrons. The number of hydrogen-bond acceptors (Lipinski definition) is 4. The molecule has 3 rings (SSSR count). The number of aliphatic hydroxyl groups excluding tert-OH is 1. The van der Waals surface area contributed by atoms with Crippen LogP contribution in [0.4, 0.5) is 0 Å². The third-order valence-electron chi connectivity index (χ3n) is 5.32. The largest absolute Gasteiger partial charge is 0.396 e. The van der Waals surface area contributed by atoms with Gasteiger partial charge in [0.2, 0.25) is 0 Å². The van der Waals surface area contributed by atoms with E-state index in [9.17, 15) is 5.11 Å². The molecule has 3 heterocycles. The van der Waals surface area contributed by atoms with Gasteiger partial charge in [-0.3, -0.25) is 9.88 Å². The van der Waals surface area contributed by atoms with Crippen LogP contribution >= 0.6 is 0 Å². The normalized spacial score (nSPS) is 26.0. The average Bonchev–Trinajstić information content (AvgIpc) is 2.59. The quantitative estimate of drug-likeness (QED) is 0.908. The SMILES string of the molecule is OCC1(CC2CCCCO2)CCN(Cc2cccnc2)CC1. The van der Waals surface area contributed by atoms with Gasteiger partial charge in [0.15, 0.2) is 0 Å². The first-order valence-electron chi connectivity index (χ1n) is 8.63. The zero-order chi connectivity index (χ0) is 15.3. The maximum absolute atomic E-state index is 9.96. The fraction of sp³-hybridized carbons (Fsp3) is 0.722. The van der Waals surface area contributed by atoms with Gasteiger partial charge in [0.1, 0.15) is 0 Å². The molecular weight excluding hydrogens is 276 g/mol. The summed E-state index contributed by atoms with van der Waals surface area (Å²) in [5, 5.41) is 9.96. The topological polar surface area (TPSA) is 45.6 Å². The number of piperidine rings is 1. The lowest BCUT2D eigenvalue weighted by Gasteiger charge is -2.43. The minimum atomic E-state index is 0.0768. The van der Waals surface area contributed by atoms with E-state index in [0.29, 0.717) is 12.7 Å². The second-order valence-corrected chi connectivity index (χ2v) is 6.99. The number of ether oxygens (including phenoxy) is 1. The van der Waals surface area contributed by atoms with E-state index < -0.39 is 0 Å². The summed E-state index contributed by atoms with van der Waals surface area (Å²) in [6, 6.07) is 4.13. The van der Waals surface area contributed by atoms with E-state index >= 15 is 0 Å². The Labute approximate surface area is 133 Å². The smallest absolute Gasteiger partial charge is 0.0581 e. The molecule has 0 aliphatic carbocycles. The first-order valence-corrected chi connectivity index (χ1v) is 8.63. The van der Waals surface area contributed by atoms with Gasteiger partial charge >= 0.3 is 0 Å². The minimum absolute atomic E-state index is 0.0768. The summed E-state index contributed by atoms with van der Waals surface area (Å²) in [5.41, 5.74) is 1.35. The van der Waals surface area contributed by atoms with Crippen molar-refractivity contribution in [3.63, 3.8) is 0 Å². The van der Waals surface area contributed by atoms with E-state index in [-0.39, 0.29) is 5.41 Å². The molecule has 0 saturated carbocycles. The van der Waals surface area contributed by atoms with Crippen molar-refractivity contribution < 1.29 is 9.84 Å². The second kappa shape index (κ2) is 7.53. The molecule has 4 nitrogen and oxygen atoms in total. The average molecular weight is 304 g/mol. The zero-order valence-corrected chi connectivity index (χ0v) is 13.4. The molecule has 2 fully saturated rings. The standard InChI is InChI=1S/C18H28N2O2/c21-15-18(12-17-5-1-2-11-22-17)6-9-20(10-7-18)14-16-4-3-8-19-13-16/h3-4,8,13,17,21H,1-2,5-7,9-12,14-15H2. The number of hydrogen-bond donors (Lipinski definition) is 1. The van der Waals surface area contributed by atoms with Crippen molar-refractivity contribution in [2.45, 2.75) is 51.2 Å². The molecule has 0 spiro atoms. The number of pyridine rings is 1. The molecule has 2 saturated heterocycles. The highest BCUT2D eigenvalue weighted by molar-refractivity contribution is 5.08. The summed E-state index contributed by atoms with van der Waals surface area (Å²) >= 11 is 0. The van der Waals surface area contributed by atoms with E-state index in [4.69, 9.17) is 4.74 Å². The van der Waals surface area contributed by atoms with Crippen LogP contribution in [0.1, 0.15) is 44.1 Å². The third kappa shape index (κ3) is 4.06. The molecule has 0 amide bonds. The van der Waals surface area contributed by atoms with Crippen LogP contribution in [0.25, 0.3) is 0 Å². The lowest BCUT2D eigenvalue weighted by Crippen LogP contribution is -2.44. The van der Waals surface area contributed by atoms with Crippen LogP contribution in [-0.2, 0) is 11.3 Å². The van der Waals surface area contributed by atoms with Gasteiger partial charge in [-0.15, -0.1) is 0 Å². The Morgan fingerprint density at radius 3 is 2.82 bits per heavy atom. The lowest BCUT2D eigenvalue weighted by atomic mass is 9.74. The molecule has 1 unspecified atom stereocenters. The van der Waals surface area contributed by atoms with Gasteiger partial charge in [-0.05, 0) is 68.7 Å². The van der Waals surface area contributed by atoms with Crippen molar-refractivity contribution in [3.05, 3.63) is 30.1 Å². The second-order valence-electron chi connectivity index (χ2n) is 6.99. The van der Waals surface area contributed by atoms with Crippen LogP contribution < -0.4 is 0 Å². The number of aromatic nitrogens is 1. The molecule has 1 aromatic rings. The maximum atomic E-state index is 9.96. The predicted molar refractivity (Wildman–Crippen MR) is 86.5 cm³/mol. The van der Waals surface area contributed by atoms with Crippen molar-refractivity contribution in [1.29, 1.82) is 0 Å². The Hall–Kier alpha value is -0.970. The molecule has 1 aromatic heterocycles. The Balaban J connectivity index is 1.51. The molecule has 0 bridgehead atoms. The van der Waals surface area contributed by atoms with Crippen LogP contribution in [0.5, 0.6) is 0 Å². The van der Waals surface area contributed by atoms with Gasteiger partial charge in [0, 0.05) is 32.2 Å².